The lowest BCUT2D eigenvalue weighted by atomic mass is 9.58. The molecule has 2 N–H and O–H groups in total. The molecule has 28 heavy (non-hydrogen) atoms. The molecule has 1 spiro atoms. The molecule has 6 heteroatoms. The Balaban J connectivity index is 1.36. The highest BCUT2D eigenvalue weighted by atomic mass is 32.2. The van der Waals surface area contributed by atoms with Gasteiger partial charge in [0.1, 0.15) is 0 Å². The number of hydrogen-bond acceptors (Lipinski definition) is 5. The van der Waals surface area contributed by atoms with Crippen LogP contribution in [0.3, 0.4) is 0 Å². The molecule has 146 valence electrons. The van der Waals surface area contributed by atoms with Crippen molar-refractivity contribution in [2.45, 2.75) is 43.1 Å². The van der Waals surface area contributed by atoms with Gasteiger partial charge in [-0.05, 0) is 54.0 Å². The third-order valence-electron chi connectivity index (χ3n) is 6.32. The summed E-state index contributed by atoms with van der Waals surface area (Å²) in [6.07, 6.45) is 6.70. The number of amides is 1. The molecule has 0 bridgehead atoms. The second kappa shape index (κ2) is 7.08. The summed E-state index contributed by atoms with van der Waals surface area (Å²) >= 11 is 1.75. The third-order valence-corrected chi connectivity index (χ3v) is 7.51. The molecular weight excluding hydrogens is 368 g/mol. The lowest BCUT2D eigenvalue weighted by Crippen LogP contribution is -2.63. The predicted octanol–water partition coefficient (Wildman–Crippen LogP) is 3.47. The van der Waals surface area contributed by atoms with Gasteiger partial charge in [-0.2, -0.15) is 0 Å². The molecule has 1 unspecified atom stereocenters. The highest BCUT2D eigenvalue weighted by Crippen LogP contribution is 2.50. The van der Waals surface area contributed by atoms with Crippen molar-refractivity contribution in [3.05, 3.63) is 53.9 Å². The van der Waals surface area contributed by atoms with Gasteiger partial charge in [0, 0.05) is 36.3 Å². The topological polar surface area (TPSA) is 57.3 Å². The first kappa shape index (κ1) is 18.0. The molecule has 2 aliphatic heterocycles. The van der Waals surface area contributed by atoms with Crippen molar-refractivity contribution in [3.63, 3.8) is 0 Å². The van der Waals surface area contributed by atoms with E-state index in [2.05, 4.69) is 40.7 Å². The molecule has 1 aliphatic carbocycles. The second-order valence-electron chi connectivity index (χ2n) is 8.33. The zero-order chi connectivity index (χ0) is 19.1. The summed E-state index contributed by atoms with van der Waals surface area (Å²) in [4.78, 5) is 20.9. The Morgan fingerprint density at radius 1 is 1.29 bits per heavy atom. The van der Waals surface area contributed by atoms with Crippen molar-refractivity contribution in [3.8, 4) is 0 Å². The molecule has 5 rings (SSSR count). The fraction of sp³-hybridized carbons (Fsp3) is 0.455. The van der Waals surface area contributed by atoms with E-state index in [0.29, 0.717) is 12.0 Å². The maximum atomic E-state index is 13.5. The number of pyridine rings is 1. The smallest absolute Gasteiger partial charge is 0.228 e. The summed E-state index contributed by atoms with van der Waals surface area (Å²) < 4.78 is 0. The Labute approximate surface area is 170 Å². The Bertz CT molecular complexity index is 875. The van der Waals surface area contributed by atoms with Gasteiger partial charge in [0.05, 0.1) is 12.2 Å². The minimum absolute atomic E-state index is 0.0640. The summed E-state index contributed by atoms with van der Waals surface area (Å²) in [5.74, 6) is 0.422. The minimum Gasteiger partial charge on any atom is -0.355 e. The average molecular weight is 395 g/mol. The van der Waals surface area contributed by atoms with Crippen LogP contribution in [0.4, 0.5) is 5.69 Å². The van der Waals surface area contributed by atoms with Gasteiger partial charge >= 0.3 is 0 Å². The van der Waals surface area contributed by atoms with Gasteiger partial charge in [-0.1, -0.05) is 30.8 Å². The highest BCUT2D eigenvalue weighted by molar-refractivity contribution is 8.00. The predicted molar refractivity (Wildman–Crippen MR) is 112 cm³/mol. The Morgan fingerprint density at radius 3 is 2.82 bits per heavy atom. The molecule has 3 aliphatic rings. The molecule has 3 heterocycles. The number of nitrogens with zero attached hydrogens (tertiary/aromatic N) is 2. The van der Waals surface area contributed by atoms with Crippen molar-refractivity contribution in [1.29, 1.82) is 0 Å². The summed E-state index contributed by atoms with van der Waals surface area (Å²) in [7, 11) is 0. The van der Waals surface area contributed by atoms with Crippen LogP contribution < -0.4 is 10.6 Å². The van der Waals surface area contributed by atoms with Crippen LogP contribution in [0.5, 0.6) is 0 Å². The number of aryl methyl sites for hydroxylation is 1. The highest BCUT2D eigenvalue weighted by Gasteiger charge is 2.52. The molecule has 1 amide bonds. The first-order valence-electron chi connectivity index (χ1n) is 10.1. The summed E-state index contributed by atoms with van der Waals surface area (Å²) in [5.41, 5.74) is 3.87. The Hall–Kier alpha value is -2.05. The number of hydrogen-bond donors (Lipinski definition) is 2. The van der Waals surface area contributed by atoms with Gasteiger partial charge in [0.15, 0.2) is 5.50 Å². The van der Waals surface area contributed by atoms with Crippen molar-refractivity contribution >= 4 is 23.4 Å². The van der Waals surface area contributed by atoms with E-state index in [1.807, 2.05) is 23.2 Å². The van der Waals surface area contributed by atoms with Crippen LogP contribution >= 0.6 is 11.8 Å². The van der Waals surface area contributed by atoms with E-state index in [1.54, 1.807) is 18.0 Å². The summed E-state index contributed by atoms with van der Waals surface area (Å²) in [5, 5.41) is 6.93. The van der Waals surface area contributed by atoms with Crippen LogP contribution in [0.15, 0.2) is 47.6 Å². The number of carbonyl (C=O) groups excluding carboxylic acids is 1. The van der Waals surface area contributed by atoms with Crippen LogP contribution in [0, 0.1) is 11.3 Å². The van der Waals surface area contributed by atoms with E-state index < -0.39 is 0 Å². The van der Waals surface area contributed by atoms with Crippen LogP contribution in [-0.4, -0.2) is 34.4 Å². The van der Waals surface area contributed by atoms with Gasteiger partial charge in [0.25, 0.3) is 0 Å². The van der Waals surface area contributed by atoms with E-state index in [9.17, 15) is 4.79 Å². The number of anilines is 1. The van der Waals surface area contributed by atoms with Crippen LogP contribution in [0.2, 0.25) is 0 Å². The molecule has 1 saturated heterocycles. The van der Waals surface area contributed by atoms with E-state index in [-0.39, 0.29) is 17.3 Å². The third kappa shape index (κ3) is 3.18. The van der Waals surface area contributed by atoms with E-state index >= 15 is 0 Å². The Kier molecular flexibility index (Phi) is 4.56. The summed E-state index contributed by atoms with van der Waals surface area (Å²) in [6.45, 7) is 4.90. The number of carbonyl (C=O) groups is 1. The number of rotatable bonds is 5. The van der Waals surface area contributed by atoms with Gasteiger partial charge in [-0.15, -0.1) is 0 Å². The number of fused-ring (bicyclic) bond motifs is 1. The van der Waals surface area contributed by atoms with Crippen molar-refractivity contribution < 1.29 is 4.79 Å². The van der Waals surface area contributed by atoms with Crippen LogP contribution in [-0.2, 0) is 17.8 Å². The minimum atomic E-state index is -0.0640. The van der Waals surface area contributed by atoms with E-state index in [1.165, 1.54) is 10.5 Å². The van der Waals surface area contributed by atoms with Crippen LogP contribution in [0.1, 0.15) is 30.9 Å². The molecule has 1 saturated carbocycles. The van der Waals surface area contributed by atoms with Crippen molar-refractivity contribution in [1.82, 2.24) is 15.2 Å². The normalized spacial score (nSPS) is 22.1. The molecule has 2 fully saturated rings. The second-order valence-corrected chi connectivity index (χ2v) is 9.46. The van der Waals surface area contributed by atoms with Crippen LogP contribution in [0.25, 0.3) is 0 Å². The lowest BCUT2D eigenvalue weighted by molar-refractivity contribution is -0.146. The van der Waals surface area contributed by atoms with E-state index in [0.717, 1.165) is 43.6 Å². The molecule has 5 nitrogen and oxygen atoms in total. The molecule has 0 radical (unpaired) electrons. The number of benzene rings is 1. The zero-order valence-corrected chi connectivity index (χ0v) is 17.0. The maximum Gasteiger partial charge on any atom is 0.228 e. The van der Waals surface area contributed by atoms with Crippen molar-refractivity contribution in [2.75, 3.05) is 18.4 Å². The van der Waals surface area contributed by atoms with Crippen molar-refractivity contribution in [2.24, 2.45) is 11.3 Å². The van der Waals surface area contributed by atoms with Gasteiger partial charge in [-0.25, -0.2) is 0 Å². The number of thioether (sulfide) groups is 1. The SMILES string of the molecule is CCc1ccc2c(c1)SC(N(Cc1cccnc1)C(=O)C1CC3(CNC3)C1)N2. The molecule has 1 aromatic carbocycles. The lowest BCUT2D eigenvalue weighted by Gasteiger charge is -2.54. The first-order chi connectivity index (χ1) is 13.7. The van der Waals surface area contributed by atoms with Gasteiger partial charge in [-0.3, -0.25) is 9.78 Å². The first-order valence-corrected chi connectivity index (χ1v) is 11.0. The average Bonchev–Trinajstić information content (AvgIpc) is 3.07. The molecule has 2 aromatic rings. The molecular formula is C22H26N4OS. The number of nitrogens with one attached hydrogen (secondary N) is 2. The van der Waals surface area contributed by atoms with Gasteiger partial charge in [0.2, 0.25) is 5.91 Å². The van der Waals surface area contributed by atoms with E-state index in [4.69, 9.17) is 0 Å². The molecule has 1 aromatic heterocycles. The Morgan fingerprint density at radius 2 is 2.14 bits per heavy atom. The quantitative estimate of drug-likeness (QED) is 0.813. The van der Waals surface area contributed by atoms with Gasteiger partial charge < -0.3 is 15.5 Å². The standard InChI is InChI=1S/C22H26N4OS/c1-2-15-5-6-18-19(8-15)28-21(25-18)26(12-16-4-3-7-23-11-16)20(27)17-9-22(10-17)13-24-14-22/h3-8,11,17,21,24-25H,2,9-10,12-14H2,1H3. The summed E-state index contributed by atoms with van der Waals surface area (Å²) in [6, 6.07) is 10.5. The maximum absolute atomic E-state index is 13.5. The fourth-order valence-electron chi connectivity index (χ4n) is 4.55. The fourth-order valence-corrected chi connectivity index (χ4v) is 5.76. The largest absolute Gasteiger partial charge is 0.355 e. The monoisotopic (exact) mass is 394 g/mol. The molecule has 1 atom stereocenters. The zero-order valence-electron chi connectivity index (χ0n) is 16.1. The number of aromatic nitrogens is 1.